The first kappa shape index (κ1) is 12.1. The molecule has 0 aliphatic carbocycles. The van der Waals surface area contributed by atoms with Crippen LogP contribution in [0.3, 0.4) is 0 Å². The van der Waals surface area contributed by atoms with Crippen LogP contribution in [0.15, 0.2) is 18.2 Å². The fourth-order valence-corrected chi connectivity index (χ4v) is 0.870. The molecule has 0 atom stereocenters. The second-order valence-corrected chi connectivity index (χ2v) is 2.56. The Labute approximate surface area is 86.6 Å². The van der Waals surface area contributed by atoms with Gasteiger partial charge in [-0.3, -0.25) is 0 Å². The lowest BCUT2D eigenvalue weighted by atomic mass is 10.3. The van der Waals surface area contributed by atoms with Crippen LogP contribution in [-0.4, -0.2) is 12.5 Å². The second-order valence-electron chi connectivity index (χ2n) is 2.56. The Morgan fingerprint density at radius 1 is 1.31 bits per heavy atom. The molecule has 0 fully saturated rings. The van der Waals surface area contributed by atoms with Crippen molar-refractivity contribution in [1.82, 2.24) is 0 Å². The lowest BCUT2D eigenvalue weighted by Gasteiger charge is -2.09. The van der Waals surface area contributed by atoms with Gasteiger partial charge in [-0.15, -0.1) is 13.2 Å². The molecule has 1 amide bonds. The minimum Gasteiger partial charge on any atom is -0.407 e. The van der Waals surface area contributed by atoms with E-state index in [4.69, 9.17) is 0 Å². The number of hydrogen-bond donors (Lipinski definition) is 1. The highest BCUT2D eigenvalue weighted by Gasteiger charge is 2.31. The van der Waals surface area contributed by atoms with Crippen LogP contribution in [0.4, 0.5) is 22.4 Å². The van der Waals surface area contributed by atoms with E-state index in [2.05, 4.69) is 15.2 Å². The molecular formula is C8H5F4NO3. The molecule has 0 aliphatic heterocycles. The van der Waals surface area contributed by atoms with Gasteiger partial charge in [-0.2, -0.15) is 0 Å². The van der Waals surface area contributed by atoms with Crippen LogP contribution >= 0.6 is 0 Å². The molecule has 88 valence electrons. The van der Waals surface area contributed by atoms with E-state index < -0.39 is 29.8 Å². The molecule has 0 radical (unpaired) electrons. The second kappa shape index (κ2) is 4.25. The molecule has 1 rings (SSSR count). The van der Waals surface area contributed by atoms with Crippen molar-refractivity contribution in [3.63, 3.8) is 0 Å². The van der Waals surface area contributed by atoms with E-state index in [0.29, 0.717) is 6.07 Å². The van der Waals surface area contributed by atoms with E-state index >= 15 is 0 Å². The smallest absolute Gasteiger partial charge is 0.407 e. The molecule has 1 aromatic rings. The van der Waals surface area contributed by atoms with E-state index in [9.17, 15) is 22.4 Å². The zero-order valence-corrected chi connectivity index (χ0v) is 7.55. The maximum Gasteiger partial charge on any atom is 0.573 e. The van der Waals surface area contributed by atoms with Crippen molar-refractivity contribution in [2.45, 2.75) is 6.36 Å². The van der Waals surface area contributed by atoms with Gasteiger partial charge in [-0.05, 0) is 12.1 Å². The topological polar surface area (TPSA) is 61.6 Å². The number of nitrogens with two attached hydrogens (primary N) is 1. The summed E-state index contributed by atoms with van der Waals surface area (Å²) in [5, 5.41) is 0. The quantitative estimate of drug-likeness (QED) is 0.804. The molecule has 8 heteroatoms. The number of amides is 1. The summed E-state index contributed by atoms with van der Waals surface area (Å²) in [4.78, 5) is 10.3. The molecule has 0 aromatic heterocycles. The fourth-order valence-electron chi connectivity index (χ4n) is 0.870. The van der Waals surface area contributed by atoms with Gasteiger partial charge in [-0.1, -0.05) is 0 Å². The predicted octanol–water partition coefficient (Wildman–Crippen LogP) is 2.18. The first-order valence-corrected chi connectivity index (χ1v) is 3.80. The summed E-state index contributed by atoms with van der Waals surface area (Å²) < 4.78 is 55.8. The van der Waals surface area contributed by atoms with Crippen LogP contribution < -0.4 is 15.2 Å². The molecule has 1 aromatic carbocycles. The average Bonchev–Trinajstić information content (AvgIpc) is 2.06. The Morgan fingerprint density at radius 2 is 1.94 bits per heavy atom. The van der Waals surface area contributed by atoms with Crippen LogP contribution in [0, 0.1) is 5.82 Å². The molecule has 0 aliphatic rings. The van der Waals surface area contributed by atoms with Crippen molar-refractivity contribution in [2.24, 2.45) is 5.73 Å². The van der Waals surface area contributed by atoms with E-state index in [1.807, 2.05) is 0 Å². The first-order valence-electron chi connectivity index (χ1n) is 3.80. The molecule has 0 bridgehead atoms. The molecule has 0 saturated carbocycles. The van der Waals surface area contributed by atoms with Gasteiger partial charge in [0.15, 0.2) is 11.6 Å². The summed E-state index contributed by atoms with van der Waals surface area (Å²) in [6.07, 6.45) is -6.19. The molecule has 0 saturated heterocycles. The molecule has 0 spiro atoms. The molecule has 16 heavy (non-hydrogen) atoms. The number of alkyl halides is 3. The fraction of sp³-hybridized carbons (Fsp3) is 0.125. The van der Waals surface area contributed by atoms with Crippen LogP contribution in [-0.2, 0) is 0 Å². The van der Waals surface area contributed by atoms with Crippen molar-refractivity contribution < 1.29 is 31.8 Å². The van der Waals surface area contributed by atoms with Gasteiger partial charge in [0.1, 0.15) is 5.75 Å². The van der Waals surface area contributed by atoms with Gasteiger partial charge >= 0.3 is 12.5 Å². The minimum atomic E-state index is -4.92. The Bertz CT molecular complexity index is 405. The summed E-state index contributed by atoms with van der Waals surface area (Å²) in [6.45, 7) is 0. The molecule has 0 heterocycles. The maximum atomic E-state index is 13.0. The minimum absolute atomic E-state index is 0.422. The Balaban J connectivity index is 2.87. The van der Waals surface area contributed by atoms with E-state index in [-0.39, 0.29) is 0 Å². The normalized spacial score (nSPS) is 11.0. The number of carbonyl (C=O) groups excluding carboxylic acids is 1. The van der Waals surface area contributed by atoms with Gasteiger partial charge in [0, 0.05) is 6.07 Å². The summed E-state index contributed by atoms with van der Waals surface area (Å²) in [6, 6.07) is 2.00. The molecule has 2 N–H and O–H groups in total. The largest absolute Gasteiger partial charge is 0.573 e. The van der Waals surface area contributed by atoms with Gasteiger partial charge in [0.2, 0.25) is 0 Å². The third-order valence-corrected chi connectivity index (χ3v) is 1.35. The van der Waals surface area contributed by atoms with Crippen LogP contribution in [0.25, 0.3) is 0 Å². The van der Waals surface area contributed by atoms with Gasteiger partial charge < -0.3 is 15.2 Å². The highest BCUT2D eigenvalue weighted by molar-refractivity contribution is 5.68. The highest BCUT2D eigenvalue weighted by Crippen LogP contribution is 2.27. The number of benzene rings is 1. The lowest BCUT2D eigenvalue weighted by Crippen LogP contribution is -2.18. The van der Waals surface area contributed by atoms with Gasteiger partial charge in [0.25, 0.3) is 0 Å². The Kier molecular flexibility index (Phi) is 3.21. The zero-order chi connectivity index (χ0) is 12.3. The molecule has 4 nitrogen and oxygen atoms in total. The number of carbonyl (C=O) groups is 1. The number of hydrogen-bond acceptors (Lipinski definition) is 3. The first-order chi connectivity index (χ1) is 7.28. The van der Waals surface area contributed by atoms with Crippen molar-refractivity contribution in [2.75, 3.05) is 0 Å². The number of primary amides is 1. The van der Waals surface area contributed by atoms with Crippen LogP contribution in [0.5, 0.6) is 11.5 Å². The third kappa shape index (κ3) is 3.64. The van der Waals surface area contributed by atoms with Crippen molar-refractivity contribution in [1.29, 1.82) is 0 Å². The predicted molar refractivity (Wildman–Crippen MR) is 43.3 cm³/mol. The summed E-state index contributed by atoms with van der Waals surface area (Å²) in [7, 11) is 0. The highest BCUT2D eigenvalue weighted by atomic mass is 19.4. The van der Waals surface area contributed by atoms with Gasteiger partial charge in [0.05, 0.1) is 0 Å². The SMILES string of the molecule is NC(=O)Oc1ccc(OC(F)(F)F)cc1F. The van der Waals surface area contributed by atoms with Crippen LogP contribution in [0.2, 0.25) is 0 Å². The van der Waals surface area contributed by atoms with Crippen LogP contribution in [0.1, 0.15) is 0 Å². The standard InChI is InChI=1S/C8H5F4NO3/c9-5-3-4(16-8(10,11)12)1-2-6(5)15-7(13)14/h1-3H,(H2,13,14). The van der Waals surface area contributed by atoms with Gasteiger partial charge in [-0.25, -0.2) is 9.18 Å². The number of halogens is 4. The monoisotopic (exact) mass is 239 g/mol. The zero-order valence-electron chi connectivity index (χ0n) is 7.55. The van der Waals surface area contributed by atoms with E-state index in [1.54, 1.807) is 0 Å². The summed E-state index contributed by atoms with van der Waals surface area (Å²) >= 11 is 0. The third-order valence-electron chi connectivity index (χ3n) is 1.35. The van der Waals surface area contributed by atoms with Crippen molar-refractivity contribution in [3.05, 3.63) is 24.0 Å². The maximum absolute atomic E-state index is 13.0. The molecular weight excluding hydrogens is 234 g/mol. The average molecular weight is 239 g/mol. The summed E-state index contributed by atoms with van der Waals surface area (Å²) in [5.41, 5.74) is 4.59. The number of rotatable bonds is 2. The molecule has 0 unspecified atom stereocenters. The van der Waals surface area contributed by atoms with Crippen molar-refractivity contribution >= 4 is 6.09 Å². The lowest BCUT2D eigenvalue weighted by molar-refractivity contribution is -0.274. The number of ether oxygens (including phenoxy) is 2. The Hall–Kier alpha value is -1.99. The van der Waals surface area contributed by atoms with E-state index in [0.717, 1.165) is 12.1 Å². The van der Waals surface area contributed by atoms with Crippen molar-refractivity contribution in [3.8, 4) is 11.5 Å². The Morgan fingerprint density at radius 3 is 2.38 bits per heavy atom. The summed E-state index contributed by atoms with van der Waals surface area (Å²) in [5.74, 6) is -2.54. The van der Waals surface area contributed by atoms with E-state index in [1.165, 1.54) is 0 Å².